The molecule has 0 fully saturated rings. The van der Waals surface area contributed by atoms with E-state index in [1.165, 1.54) is 11.3 Å². The molecule has 9 heteroatoms. The molecule has 2 aromatic heterocycles. The monoisotopic (exact) mass is 302 g/mol. The molecular weight excluding hydrogens is 288 g/mol. The summed E-state index contributed by atoms with van der Waals surface area (Å²) in [5.74, 6) is 0. The SMILES string of the molecule is Cc1[nH]nc(CO)c1S(=O)(=O)NC(C)c1nccs1. The minimum atomic E-state index is -3.75. The molecule has 0 bridgehead atoms. The zero-order valence-electron chi connectivity index (χ0n) is 10.4. The van der Waals surface area contributed by atoms with Crippen LogP contribution in [0.2, 0.25) is 0 Å². The lowest BCUT2D eigenvalue weighted by Crippen LogP contribution is -2.27. The van der Waals surface area contributed by atoms with E-state index in [9.17, 15) is 8.42 Å². The zero-order valence-corrected chi connectivity index (χ0v) is 12.0. The Kier molecular flexibility index (Phi) is 3.99. The van der Waals surface area contributed by atoms with Crippen molar-refractivity contribution in [2.45, 2.75) is 31.4 Å². The van der Waals surface area contributed by atoms with Gasteiger partial charge in [-0.3, -0.25) is 5.10 Å². The Morgan fingerprint density at radius 3 is 2.89 bits per heavy atom. The number of hydrogen-bond acceptors (Lipinski definition) is 6. The molecule has 0 saturated carbocycles. The Bertz CT molecular complexity index is 648. The van der Waals surface area contributed by atoms with E-state index in [1.807, 2.05) is 0 Å². The van der Waals surface area contributed by atoms with Crippen LogP contribution in [-0.4, -0.2) is 28.7 Å². The van der Waals surface area contributed by atoms with Gasteiger partial charge in [0.1, 0.15) is 15.6 Å². The molecule has 7 nitrogen and oxygen atoms in total. The summed E-state index contributed by atoms with van der Waals surface area (Å²) in [7, 11) is -3.75. The summed E-state index contributed by atoms with van der Waals surface area (Å²) >= 11 is 1.37. The van der Waals surface area contributed by atoms with Gasteiger partial charge in [0.05, 0.1) is 18.3 Å². The van der Waals surface area contributed by atoms with Crippen molar-refractivity contribution in [1.29, 1.82) is 0 Å². The molecule has 0 aromatic carbocycles. The first-order valence-corrected chi connectivity index (χ1v) is 7.88. The van der Waals surface area contributed by atoms with Crippen LogP contribution in [0.5, 0.6) is 0 Å². The van der Waals surface area contributed by atoms with Gasteiger partial charge in [0, 0.05) is 11.6 Å². The van der Waals surface area contributed by atoms with Crippen LogP contribution in [0, 0.1) is 6.92 Å². The first-order valence-electron chi connectivity index (χ1n) is 5.52. The summed E-state index contributed by atoms with van der Waals surface area (Å²) in [4.78, 5) is 4.06. The molecule has 0 saturated heterocycles. The zero-order chi connectivity index (χ0) is 14.0. The number of sulfonamides is 1. The van der Waals surface area contributed by atoms with E-state index >= 15 is 0 Å². The number of aromatic amines is 1. The summed E-state index contributed by atoms with van der Waals surface area (Å²) in [5, 5.41) is 17.9. The van der Waals surface area contributed by atoms with Gasteiger partial charge in [-0.2, -0.15) is 5.10 Å². The summed E-state index contributed by atoms with van der Waals surface area (Å²) in [6, 6.07) is -0.439. The molecule has 104 valence electrons. The van der Waals surface area contributed by atoms with Gasteiger partial charge >= 0.3 is 0 Å². The minimum Gasteiger partial charge on any atom is -0.390 e. The van der Waals surface area contributed by atoms with E-state index in [-0.39, 0.29) is 10.6 Å². The van der Waals surface area contributed by atoms with Gasteiger partial charge < -0.3 is 5.11 Å². The topological polar surface area (TPSA) is 108 Å². The molecular formula is C10H14N4O3S2. The predicted octanol–water partition coefficient (Wildman–Crippen LogP) is 0.706. The maximum absolute atomic E-state index is 12.3. The second-order valence-corrected chi connectivity index (χ2v) is 6.57. The normalized spacial score (nSPS) is 13.6. The lowest BCUT2D eigenvalue weighted by atomic mass is 10.4. The van der Waals surface area contributed by atoms with Crippen molar-refractivity contribution < 1.29 is 13.5 Å². The molecule has 0 aliphatic rings. The largest absolute Gasteiger partial charge is 0.390 e. The van der Waals surface area contributed by atoms with E-state index in [0.29, 0.717) is 10.7 Å². The van der Waals surface area contributed by atoms with Crippen molar-refractivity contribution in [3.63, 3.8) is 0 Å². The highest BCUT2D eigenvalue weighted by atomic mass is 32.2. The highest BCUT2D eigenvalue weighted by Gasteiger charge is 2.26. The Balaban J connectivity index is 2.30. The summed E-state index contributed by atoms with van der Waals surface area (Å²) in [5.41, 5.74) is 0.499. The number of aromatic nitrogens is 3. The number of aliphatic hydroxyl groups is 1. The van der Waals surface area contributed by atoms with Crippen LogP contribution in [0.3, 0.4) is 0 Å². The molecule has 19 heavy (non-hydrogen) atoms. The van der Waals surface area contributed by atoms with E-state index in [0.717, 1.165) is 0 Å². The fraction of sp³-hybridized carbons (Fsp3) is 0.400. The average Bonchev–Trinajstić information content (AvgIpc) is 2.96. The molecule has 0 spiro atoms. The maximum atomic E-state index is 12.3. The smallest absolute Gasteiger partial charge is 0.244 e. The molecule has 0 aliphatic heterocycles. The molecule has 2 aromatic rings. The molecule has 2 heterocycles. The van der Waals surface area contributed by atoms with E-state index < -0.39 is 22.7 Å². The Hall–Kier alpha value is -1.29. The van der Waals surface area contributed by atoms with Crippen LogP contribution < -0.4 is 4.72 Å². The fourth-order valence-corrected chi connectivity index (χ4v) is 4.01. The van der Waals surface area contributed by atoms with Gasteiger partial charge in [-0.25, -0.2) is 18.1 Å². The average molecular weight is 302 g/mol. The number of thiazole rings is 1. The molecule has 3 N–H and O–H groups in total. The molecule has 0 aliphatic carbocycles. The van der Waals surface area contributed by atoms with Gasteiger partial charge in [0.15, 0.2) is 0 Å². The van der Waals surface area contributed by atoms with Crippen LogP contribution in [0.25, 0.3) is 0 Å². The van der Waals surface area contributed by atoms with E-state index in [4.69, 9.17) is 5.11 Å². The third-order valence-electron chi connectivity index (χ3n) is 2.53. The molecule has 0 amide bonds. The number of nitrogens with zero attached hydrogens (tertiary/aromatic N) is 2. The first kappa shape index (κ1) is 14.1. The Morgan fingerprint density at radius 1 is 1.58 bits per heavy atom. The van der Waals surface area contributed by atoms with Crippen molar-refractivity contribution >= 4 is 21.4 Å². The maximum Gasteiger partial charge on any atom is 0.244 e. The van der Waals surface area contributed by atoms with Crippen LogP contribution in [0.4, 0.5) is 0 Å². The standard InChI is InChI=1S/C10H14N4O3S2/c1-6-9(8(5-15)13-12-6)19(16,17)14-7(2)10-11-3-4-18-10/h3-4,7,14-15H,5H2,1-2H3,(H,12,13). The van der Waals surface area contributed by atoms with Crippen molar-refractivity contribution in [3.05, 3.63) is 28.0 Å². The van der Waals surface area contributed by atoms with Crippen LogP contribution in [0.15, 0.2) is 16.5 Å². The molecule has 1 atom stereocenters. The highest BCUT2D eigenvalue weighted by molar-refractivity contribution is 7.89. The third kappa shape index (κ3) is 2.84. The van der Waals surface area contributed by atoms with Crippen LogP contribution in [-0.2, 0) is 16.6 Å². The van der Waals surface area contributed by atoms with Crippen LogP contribution >= 0.6 is 11.3 Å². The number of nitrogens with one attached hydrogen (secondary N) is 2. The number of hydrogen-bond donors (Lipinski definition) is 3. The van der Waals surface area contributed by atoms with Gasteiger partial charge in [-0.05, 0) is 13.8 Å². The molecule has 1 unspecified atom stereocenters. The Labute approximate surface area is 114 Å². The van der Waals surface area contributed by atoms with Gasteiger partial charge in [0.2, 0.25) is 10.0 Å². The van der Waals surface area contributed by atoms with Crippen molar-refractivity contribution in [1.82, 2.24) is 19.9 Å². The predicted molar refractivity (Wildman–Crippen MR) is 70.1 cm³/mol. The third-order valence-corrected chi connectivity index (χ3v) is 5.23. The van der Waals surface area contributed by atoms with Crippen molar-refractivity contribution in [2.24, 2.45) is 0 Å². The molecule has 2 rings (SSSR count). The minimum absolute atomic E-state index is 0.00148. The number of H-pyrrole nitrogens is 1. The lowest BCUT2D eigenvalue weighted by Gasteiger charge is -2.12. The second kappa shape index (κ2) is 5.37. The summed E-state index contributed by atoms with van der Waals surface area (Å²) in [6.45, 7) is 2.87. The van der Waals surface area contributed by atoms with E-state index in [1.54, 1.807) is 25.4 Å². The summed E-state index contributed by atoms with van der Waals surface area (Å²) in [6.07, 6.45) is 1.62. The van der Waals surface area contributed by atoms with Gasteiger partial charge in [-0.1, -0.05) is 0 Å². The number of aryl methyl sites for hydroxylation is 1. The van der Waals surface area contributed by atoms with Crippen molar-refractivity contribution in [3.8, 4) is 0 Å². The number of rotatable bonds is 5. The fourth-order valence-electron chi connectivity index (χ4n) is 1.72. The molecule has 0 radical (unpaired) electrons. The van der Waals surface area contributed by atoms with Crippen LogP contribution in [0.1, 0.15) is 29.4 Å². The number of aliphatic hydroxyl groups excluding tert-OH is 1. The van der Waals surface area contributed by atoms with E-state index in [2.05, 4.69) is 19.9 Å². The van der Waals surface area contributed by atoms with Gasteiger partial charge in [0.25, 0.3) is 0 Å². The summed E-state index contributed by atoms with van der Waals surface area (Å²) < 4.78 is 27.1. The first-order chi connectivity index (χ1) is 8.95. The second-order valence-electron chi connectivity index (χ2n) is 4.00. The van der Waals surface area contributed by atoms with Gasteiger partial charge in [-0.15, -0.1) is 11.3 Å². The quantitative estimate of drug-likeness (QED) is 0.753. The Morgan fingerprint density at radius 2 is 2.32 bits per heavy atom. The van der Waals surface area contributed by atoms with Crippen molar-refractivity contribution in [2.75, 3.05) is 0 Å². The highest BCUT2D eigenvalue weighted by Crippen LogP contribution is 2.22. The lowest BCUT2D eigenvalue weighted by molar-refractivity contribution is 0.273.